The lowest BCUT2D eigenvalue weighted by atomic mass is 9.98. The van der Waals surface area contributed by atoms with Gasteiger partial charge >= 0.3 is 0 Å². The number of hydrogen-bond donors (Lipinski definition) is 2. The number of nitrogens with one attached hydrogen (secondary N) is 1. The molecule has 1 heterocycles. The SMILES string of the molecule is CC(C(=O)NC(CCCO)c1ccccc1)c1cccnc1. The van der Waals surface area contributed by atoms with Crippen molar-refractivity contribution in [2.75, 3.05) is 6.61 Å². The molecule has 0 bridgehead atoms. The molecular formula is C18H22N2O2. The Morgan fingerprint density at radius 2 is 1.91 bits per heavy atom. The molecule has 0 fully saturated rings. The van der Waals surface area contributed by atoms with Gasteiger partial charge in [-0.1, -0.05) is 36.4 Å². The number of aliphatic hydroxyl groups is 1. The number of carbonyl (C=O) groups excluding carboxylic acids is 1. The summed E-state index contributed by atoms with van der Waals surface area (Å²) in [7, 11) is 0. The molecule has 0 aliphatic rings. The molecule has 2 atom stereocenters. The highest BCUT2D eigenvalue weighted by molar-refractivity contribution is 5.83. The molecule has 0 saturated carbocycles. The highest BCUT2D eigenvalue weighted by Crippen LogP contribution is 2.21. The first kappa shape index (κ1) is 16.2. The standard InChI is InChI=1S/C18H22N2O2/c1-14(16-9-5-11-19-13-16)18(22)20-17(10-6-12-21)15-7-3-2-4-8-15/h2-5,7-9,11,13-14,17,21H,6,10,12H2,1H3,(H,20,22). The van der Waals surface area contributed by atoms with Gasteiger partial charge in [0.1, 0.15) is 0 Å². The topological polar surface area (TPSA) is 62.2 Å². The van der Waals surface area contributed by atoms with Crippen LogP contribution in [0.3, 0.4) is 0 Å². The number of hydrogen-bond acceptors (Lipinski definition) is 3. The molecule has 116 valence electrons. The van der Waals surface area contributed by atoms with Crippen molar-refractivity contribution in [3.8, 4) is 0 Å². The second-order valence-corrected chi connectivity index (χ2v) is 5.35. The van der Waals surface area contributed by atoms with Crippen LogP contribution in [-0.2, 0) is 4.79 Å². The first-order valence-corrected chi connectivity index (χ1v) is 7.58. The summed E-state index contributed by atoms with van der Waals surface area (Å²) in [5, 5.41) is 12.2. The van der Waals surface area contributed by atoms with E-state index in [0.29, 0.717) is 12.8 Å². The first-order valence-electron chi connectivity index (χ1n) is 7.58. The Hall–Kier alpha value is -2.20. The van der Waals surface area contributed by atoms with Gasteiger partial charge in [0.2, 0.25) is 5.91 Å². The molecule has 4 heteroatoms. The number of carbonyl (C=O) groups is 1. The zero-order valence-electron chi connectivity index (χ0n) is 12.8. The van der Waals surface area contributed by atoms with Gasteiger partial charge in [0.15, 0.2) is 0 Å². The van der Waals surface area contributed by atoms with Crippen molar-refractivity contribution < 1.29 is 9.90 Å². The van der Waals surface area contributed by atoms with Crippen LogP contribution >= 0.6 is 0 Å². The van der Waals surface area contributed by atoms with Crippen LogP contribution in [-0.4, -0.2) is 22.6 Å². The molecule has 0 spiro atoms. The fourth-order valence-electron chi connectivity index (χ4n) is 2.38. The van der Waals surface area contributed by atoms with Crippen molar-refractivity contribution in [2.45, 2.75) is 31.7 Å². The number of pyridine rings is 1. The van der Waals surface area contributed by atoms with Crippen LogP contribution in [0.15, 0.2) is 54.9 Å². The number of amides is 1. The van der Waals surface area contributed by atoms with Gasteiger partial charge in [0, 0.05) is 19.0 Å². The quantitative estimate of drug-likeness (QED) is 0.826. The minimum Gasteiger partial charge on any atom is -0.396 e. The van der Waals surface area contributed by atoms with Gasteiger partial charge in [-0.25, -0.2) is 0 Å². The second-order valence-electron chi connectivity index (χ2n) is 5.35. The Kier molecular flexibility index (Phi) is 6.10. The molecule has 0 aliphatic heterocycles. The number of rotatable bonds is 7. The van der Waals surface area contributed by atoms with E-state index in [-0.39, 0.29) is 24.5 Å². The van der Waals surface area contributed by atoms with Crippen molar-refractivity contribution in [2.24, 2.45) is 0 Å². The Balaban J connectivity index is 2.08. The van der Waals surface area contributed by atoms with Gasteiger partial charge < -0.3 is 10.4 Å². The summed E-state index contributed by atoms with van der Waals surface area (Å²) in [5.74, 6) is -0.283. The summed E-state index contributed by atoms with van der Waals surface area (Å²) in [6.07, 6.45) is 4.78. The van der Waals surface area contributed by atoms with Gasteiger partial charge in [0.25, 0.3) is 0 Å². The predicted octanol–water partition coefficient (Wildman–Crippen LogP) is 2.82. The molecule has 22 heavy (non-hydrogen) atoms. The predicted molar refractivity (Wildman–Crippen MR) is 86.3 cm³/mol. The van der Waals surface area contributed by atoms with Crippen molar-refractivity contribution in [1.29, 1.82) is 0 Å². The molecule has 2 N–H and O–H groups in total. The fourth-order valence-corrected chi connectivity index (χ4v) is 2.38. The summed E-state index contributed by atoms with van der Waals surface area (Å²) in [6, 6.07) is 13.5. The van der Waals surface area contributed by atoms with Gasteiger partial charge in [-0.15, -0.1) is 0 Å². The van der Waals surface area contributed by atoms with Crippen LogP contribution in [0.25, 0.3) is 0 Å². The average Bonchev–Trinajstić information content (AvgIpc) is 2.59. The molecular weight excluding hydrogens is 276 g/mol. The van der Waals surface area contributed by atoms with E-state index in [4.69, 9.17) is 5.11 Å². The van der Waals surface area contributed by atoms with Gasteiger partial charge in [0.05, 0.1) is 12.0 Å². The molecule has 0 saturated heterocycles. The first-order chi connectivity index (χ1) is 10.7. The lowest BCUT2D eigenvalue weighted by molar-refractivity contribution is -0.123. The van der Waals surface area contributed by atoms with Crippen LogP contribution in [0.5, 0.6) is 0 Å². The Bertz CT molecular complexity index is 572. The molecule has 0 radical (unpaired) electrons. The zero-order chi connectivity index (χ0) is 15.8. The monoisotopic (exact) mass is 298 g/mol. The van der Waals surface area contributed by atoms with E-state index >= 15 is 0 Å². The number of nitrogens with zero attached hydrogens (tertiary/aromatic N) is 1. The minimum absolute atomic E-state index is 0.0280. The van der Waals surface area contributed by atoms with Crippen molar-refractivity contribution >= 4 is 5.91 Å². The van der Waals surface area contributed by atoms with Gasteiger partial charge in [-0.3, -0.25) is 9.78 Å². The fraction of sp³-hybridized carbons (Fsp3) is 0.333. The maximum atomic E-state index is 12.5. The third-order valence-corrected chi connectivity index (χ3v) is 3.75. The summed E-state index contributed by atoms with van der Waals surface area (Å²) in [6.45, 7) is 2.00. The maximum Gasteiger partial charge on any atom is 0.227 e. The van der Waals surface area contributed by atoms with Crippen LogP contribution in [0.1, 0.15) is 42.9 Å². The molecule has 1 amide bonds. The van der Waals surface area contributed by atoms with E-state index in [1.807, 2.05) is 49.4 Å². The molecule has 2 rings (SSSR count). The van der Waals surface area contributed by atoms with E-state index < -0.39 is 0 Å². The smallest absolute Gasteiger partial charge is 0.227 e. The highest BCUT2D eigenvalue weighted by Gasteiger charge is 2.20. The Morgan fingerprint density at radius 1 is 1.18 bits per heavy atom. The van der Waals surface area contributed by atoms with Crippen LogP contribution in [0, 0.1) is 0 Å². The summed E-state index contributed by atoms with van der Waals surface area (Å²) >= 11 is 0. The number of aromatic nitrogens is 1. The Morgan fingerprint density at radius 3 is 2.55 bits per heavy atom. The molecule has 4 nitrogen and oxygen atoms in total. The molecule has 2 aromatic rings. The third-order valence-electron chi connectivity index (χ3n) is 3.75. The van der Waals surface area contributed by atoms with Crippen LogP contribution in [0.2, 0.25) is 0 Å². The Labute approximate surface area is 131 Å². The molecule has 0 aliphatic carbocycles. The van der Waals surface area contributed by atoms with Crippen molar-refractivity contribution in [1.82, 2.24) is 10.3 Å². The minimum atomic E-state index is -0.256. The second kappa shape index (κ2) is 8.29. The van der Waals surface area contributed by atoms with Crippen LogP contribution in [0.4, 0.5) is 0 Å². The molecule has 1 aromatic heterocycles. The average molecular weight is 298 g/mol. The van der Waals surface area contributed by atoms with Gasteiger partial charge in [-0.2, -0.15) is 0 Å². The van der Waals surface area contributed by atoms with E-state index in [1.165, 1.54) is 0 Å². The van der Waals surface area contributed by atoms with Crippen molar-refractivity contribution in [3.05, 3.63) is 66.0 Å². The van der Waals surface area contributed by atoms with E-state index in [1.54, 1.807) is 12.4 Å². The maximum absolute atomic E-state index is 12.5. The zero-order valence-corrected chi connectivity index (χ0v) is 12.8. The molecule has 2 unspecified atom stereocenters. The largest absolute Gasteiger partial charge is 0.396 e. The summed E-state index contributed by atoms with van der Waals surface area (Å²) < 4.78 is 0. The van der Waals surface area contributed by atoms with Gasteiger partial charge in [-0.05, 0) is 37.0 Å². The third kappa shape index (κ3) is 4.40. The normalized spacial score (nSPS) is 13.4. The van der Waals surface area contributed by atoms with Crippen LogP contribution < -0.4 is 5.32 Å². The highest BCUT2D eigenvalue weighted by atomic mass is 16.3. The number of benzene rings is 1. The van der Waals surface area contributed by atoms with E-state index in [9.17, 15) is 4.79 Å². The summed E-state index contributed by atoms with van der Waals surface area (Å²) in [5.41, 5.74) is 1.96. The molecule has 1 aromatic carbocycles. The van der Waals surface area contributed by atoms with E-state index in [0.717, 1.165) is 11.1 Å². The van der Waals surface area contributed by atoms with Crippen molar-refractivity contribution in [3.63, 3.8) is 0 Å². The number of aliphatic hydroxyl groups excluding tert-OH is 1. The summed E-state index contributed by atoms with van der Waals surface area (Å²) in [4.78, 5) is 16.6. The lowest BCUT2D eigenvalue weighted by Crippen LogP contribution is -2.32. The lowest BCUT2D eigenvalue weighted by Gasteiger charge is -2.21. The van der Waals surface area contributed by atoms with E-state index in [2.05, 4.69) is 10.3 Å².